The lowest BCUT2D eigenvalue weighted by atomic mass is 9.88. The molecule has 0 saturated carbocycles. The summed E-state index contributed by atoms with van der Waals surface area (Å²) in [5, 5.41) is 21.2. The summed E-state index contributed by atoms with van der Waals surface area (Å²) in [7, 11) is 0. The highest BCUT2D eigenvalue weighted by atomic mass is 16.3. The monoisotopic (exact) mass is 226 g/mol. The van der Waals surface area contributed by atoms with Crippen LogP contribution in [-0.4, -0.2) is 24.3 Å². The Morgan fingerprint density at radius 1 is 1.38 bits per heavy atom. The molecule has 0 heterocycles. The highest BCUT2D eigenvalue weighted by Crippen LogP contribution is 2.20. The van der Waals surface area contributed by atoms with E-state index >= 15 is 0 Å². The van der Waals surface area contributed by atoms with Crippen molar-refractivity contribution >= 4 is 0 Å². The van der Waals surface area contributed by atoms with Gasteiger partial charge in [-0.25, -0.2) is 0 Å². The number of aliphatic hydroxyl groups is 1. The molecule has 0 aliphatic rings. The van der Waals surface area contributed by atoms with Gasteiger partial charge in [0.25, 0.3) is 0 Å². The summed E-state index contributed by atoms with van der Waals surface area (Å²) >= 11 is 0. The molecule has 0 aliphatic heterocycles. The van der Waals surface area contributed by atoms with E-state index in [-0.39, 0.29) is 11.5 Å². The maximum absolute atomic E-state index is 9.23. The number of hydrogen-bond acceptors (Lipinski definition) is 3. The SMILES string of the molecule is CC(O)CC(C)CNCC(C)(C)CCC#N. The van der Waals surface area contributed by atoms with Crippen molar-refractivity contribution in [3.05, 3.63) is 0 Å². The first kappa shape index (κ1) is 15.4. The Labute approximate surface area is 99.9 Å². The fourth-order valence-electron chi connectivity index (χ4n) is 1.81. The van der Waals surface area contributed by atoms with Gasteiger partial charge in [0.05, 0.1) is 12.2 Å². The van der Waals surface area contributed by atoms with E-state index in [1.165, 1.54) is 0 Å². The van der Waals surface area contributed by atoms with Crippen LogP contribution in [0.1, 0.15) is 47.0 Å². The average molecular weight is 226 g/mol. The van der Waals surface area contributed by atoms with E-state index in [9.17, 15) is 5.11 Å². The average Bonchev–Trinajstić information content (AvgIpc) is 2.13. The van der Waals surface area contributed by atoms with E-state index in [4.69, 9.17) is 5.26 Å². The molecular weight excluding hydrogens is 200 g/mol. The van der Waals surface area contributed by atoms with Crippen LogP contribution in [-0.2, 0) is 0 Å². The molecule has 0 spiro atoms. The van der Waals surface area contributed by atoms with Crippen molar-refractivity contribution in [2.45, 2.75) is 53.1 Å². The third-order valence-electron chi connectivity index (χ3n) is 2.75. The van der Waals surface area contributed by atoms with Gasteiger partial charge in [0.1, 0.15) is 0 Å². The molecule has 0 radical (unpaired) electrons. The van der Waals surface area contributed by atoms with Crippen LogP contribution in [0.2, 0.25) is 0 Å². The van der Waals surface area contributed by atoms with Crippen molar-refractivity contribution in [1.82, 2.24) is 5.32 Å². The van der Waals surface area contributed by atoms with Crippen LogP contribution in [0.3, 0.4) is 0 Å². The van der Waals surface area contributed by atoms with Gasteiger partial charge < -0.3 is 10.4 Å². The lowest BCUT2D eigenvalue weighted by molar-refractivity contribution is 0.162. The predicted molar refractivity (Wildman–Crippen MR) is 67.0 cm³/mol. The second-order valence-electron chi connectivity index (χ2n) is 5.64. The Kier molecular flexibility index (Phi) is 7.36. The molecule has 0 aromatic carbocycles. The van der Waals surface area contributed by atoms with Crippen LogP contribution in [0.15, 0.2) is 0 Å². The quantitative estimate of drug-likeness (QED) is 0.668. The summed E-state index contributed by atoms with van der Waals surface area (Å²) in [6, 6.07) is 2.19. The van der Waals surface area contributed by atoms with Crippen LogP contribution in [0.5, 0.6) is 0 Å². The molecule has 0 fully saturated rings. The van der Waals surface area contributed by atoms with Crippen molar-refractivity contribution in [2.24, 2.45) is 11.3 Å². The number of hydrogen-bond donors (Lipinski definition) is 2. The summed E-state index contributed by atoms with van der Waals surface area (Å²) in [5.41, 5.74) is 0.181. The first-order valence-electron chi connectivity index (χ1n) is 6.13. The number of nitrogens with one attached hydrogen (secondary N) is 1. The fourth-order valence-corrected chi connectivity index (χ4v) is 1.81. The molecule has 0 amide bonds. The van der Waals surface area contributed by atoms with Crippen molar-refractivity contribution in [3.63, 3.8) is 0 Å². The minimum atomic E-state index is -0.219. The Bertz CT molecular complexity index is 218. The number of nitrogens with zero attached hydrogens (tertiary/aromatic N) is 1. The van der Waals surface area contributed by atoms with E-state index in [1.807, 2.05) is 6.92 Å². The van der Waals surface area contributed by atoms with Gasteiger partial charge in [-0.15, -0.1) is 0 Å². The van der Waals surface area contributed by atoms with Gasteiger partial charge in [-0.05, 0) is 37.6 Å². The van der Waals surface area contributed by atoms with E-state index in [1.54, 1.807) is 0 Å². The molecule has 0 aromatic rings. The first-order valence-corrected chi connectivity index (χ1v) is 6.13. The predicted octanol–water partition coefficient (Wildman–Crippen LogP) is 2.31. The van der Waals surface area contributed by atoms with E-state index in [0.29, 0.717) is 12.3 Å². The lowest BCUT2D eigenvalue weighted by Gasteiger charge is -2.25. The summed E-state index contributed by atoms with van der Waals surface area (Å²) in [4.78, 5) is 0. The van der Waals surface area contributed by atoms with Gasteiger partial charge in [0, 0.05) is 13.0 Å². The maximum atomic E-state index is 9.23. The Balaban J connectivity index is 3.67. The minimum Gasteiger partial charge on any atom is -0.393 e. The van der Waals surface area contributed by atoms with Crippen LogP contribution in [0.4, 0.5) is 0 Å². The van der Waals surface area contributed by atoms with Crippen molar-refractivity contribution < 1.29 is 5.11 Å². The summed E-state index contributed by atoms with van der Waals surface area (Å²) in [6.07, 6.45) is 2.17. The molecule has 0 saturated heterocycles. The molecule has 0 rings (SSSR count). The molecule has 0 aromatic heterocycles. The highest BCUT2D eigenvalue weighted by molar-refractivity contribution is 4.79. The molecule has 3 nitrogen and oxygen atoms in total. The second-order valence-corrected chi connectivity index (χ2v) is 5.64. The third-order valence-corrected chi connectivity index (χ3v) is 2.75. The van der Waals surface area contributed by atoms with Gasteiger partial charge >= 0.3 is 0 Å². The molecule has 0 aliphatic carbocycles. The van der Waals surface area contributed by atoms with Gasteiger partial charge in [0.15, 0.2) is 0 Å². The smallest absolute Gasteiger partial charge is 0.0621 e. The van der Waals surface area contributed by atoms with E-state index in [0.717, 1.165) is 25.9 Å². The van der Waals surface area contributed by atoms with Crippen molar-refractivity contribution in [3.8, 4) is 6.07 Å². The van der Waals surface area contributed by atoms with Crippen LogP contribution < -0.4 is 5.32 Å². The maximum Gasteiger partial charge on any atom is 0.0621 e. The summed E-state index contributed by atoms with van der Waals surface area (Å²) in [5.74, 6) is 0.492. The number of aliphatic hydroxyl groups excluding tert-OH is 1. The zero-order valence-corrected chi connectivity index (χ0v) is 11.1. The highest BCUT2D eigenvalue weighted by Gasteiger charge is 2.17. The molecule has 3 heteroatoms. The van der Waals surface area contributed by atoms with Gasteiger partial charge in [-0.3, -0.25) is 0 Å². The summed E-state index contributed by atoms with van der Waals surface area (Å²) in [6.45, 7) is 10.2. The number of nitriles is 1. The molecule has 0 bridgehead atoms. The second kappa shape index (κ2) is 7.65. The molecule has 2 N–H and O–H groups in total. The molecule has 94 valence electrons. The number of rotatable bonds is 8. The van der Waals surface area contributed by atoms with Crippen LogP contribution in [0, 0.1) is 22.7 Å². The van der Waals surface area contributed by atoms with Gasteiger partial charge in [0.2, 0.25) is 0 Å². The van der Waals surface area contributed by atoms with Crippen molar-refractivity contribution in [2.75, 3.05) is 13.1 Å². The minimum absolute atomic E-state index is 0.181. The molecular formula is C13H26N2O. The molecule has 2 atom stereocenters. The lowest BCUT2D eigenvalue weighted by Crippen LogP contribution is -2.32. The van der Waals surface area contributed by atoms with Crippen LogP contribution in [0.25, 0.3) is 0 Å². The Morgan fingerprint density at radius 3 is 2.50 bits per heavy atom. The fraction of sp³-hybridized carbons (Fsp3) is 0.923. The Hall–Kier alpha value is -0.590. The van der Waals surface area contributed by atoms with Crippen LogP contribution >= 0.6 is 0 Å². The third kappa shape index (κ3) is 8.70. The van der Waals surface area contributed by atoms with Gasteiger partial charge in [-0.1, -0.05) is 20.8 Å². The van der Waals surface area contributed by atoms with E-state index < -0.39 is 0 Å². The standard InChI is InChI=1S/C13H26N2O/c1-11(8-12(2)16)9-15-10-13(3,4)6-5-7-14/h11-12,15-16H,5-6,8-10H2,1-4H3. The Morgan fingerprint density at radius 2 is 2.00 bits per heavy atom. The topological polar surface area (TPSA) is 56.0 Å². The van der Waals surface area contributed by atoms with Crippen molar-refractivity contribution in [1.29, 1.82) is 5.26 Å². The molecule has 16 heavy (non-hydrogen) atoms. The summed E-state index contributed by atoms with van der Waals surface area (Å²) < 4.78 is 0. The largest absolute Gasteiger partial charge is 0.393 e. The van der Waals surface area contributed by atoms with Gasteiger partial charge in [-0.2, -0.15) is 5.26 Å². The molecule has 2 unspecified atom stereocenters. The van der Waals surface area contributed by atoms with E-state index in [2.05, 4.69) is 32.2 Å². The first-order chi connectivity index (χ1) is 7.37. The zero-order chi connectivity index (χ0) is 12.6. The zero-order valence-electron chi connectivity index (χ0n) is 11.1. The normalized spacial score (nSPS) is 15.5.